The summed E-state index contributed by atoms with van der Waals surface area (Å²) in [6, 6.07) is 9.29. The molecule has 0 radical (unpaired) electrons. The number of likely N-dealkylation sites (tertiary alicyclic amines) is 1. The van der Waals surface area contributed by atoms with Crippen molar-refractivity contribution in [3.8, 4) is 0 Å². The summed E-state index contributed by atoms with van der Waals surface area (Å²) < 4.78 is 65.5. The highest BCUT2D eigenvalue weighted by molar-refractivity contribution is 7.89. The molecule has 5 rings (SSSR count). The molecule has 1 unspecified atom stereocenters. The zero-order chi connectivity index (χ0) is 39.2. The summed E-state index contributed by atoms with van der Waals surface area (Å²) in [5, 5.41) is 6.67. The predicted octanol–water partition coefficient (Wildman–Crippen LogP) is 2.94. The molecule has 0 aliphatic carbocycles. The molecule has 3 heterocycles. The van der Waals surface area contributed by atoms with Crippen molar-refractivity contribution in [1.82, 2.24) is 29.5 Å². The molecule has 2 aromatic carbocycles. The van der Waals surface area contributed by atoms with E-state index in [1.165, 1.54) is 32.3 Å². The van der Waals surface area contributed by atoms with Crippen LogP contribution < -0.4 is 15.4 Å². The Morgan fingerprint density at radius 2 is 1.76 bits per heavy atom. The standard InChI is InChI=1S/C36H49ClN6O9S2/c1-5-28(34(45)35-40-29-13-11-27(19-31(29)52-35)54(49,50)42(2)3)39-33(44)18-25-20-43(21-32(25)51-22-24-6-9-26(37)10-7-24)36(46)30(41-53(4,47)48)12-8-23-14-16-38-17-15-23/h6-7,9-11,13,19,23,25,28,30,32,38,41H,5,8,12,14-18,20-22H2,1-4H3,(H,39,44)/t25?,28-,30+,32-/m0/s1. The number of hydrogen-bond donors (Lipinski definition) is 3. The quantitative estimate of drug-likeness (QED) is 0.170. The molecule has 2 aliphatic rings. The summed E-state index contributed by atoms with van der Waals surface area (Å²) >= 11 is 6.05. The molecule has 18 heteroatoms. The Kier molecular flexibility index (Phi) is 13.9. The van der Waals surface area contributed by atoms with Gasteiger partial charge in [-0.1, -0.05) is 30.7 Å². The first-order valence-corrected chi connectivity index (χ1v) is 21.7. The molecule has 54 heavy (non-hydrogen) atoms. The van der Waals surface area contributed by atoms with Gasteiger partial charge >= 0.3 is 0 Å². The van der Waals surface area contributed by atoms with Gasteiger partial charge < -0.3 is 24.7 Å². The molecule has 2 amide bonds. The normalized spacial score (nSPS) is 19.6. The number of halogens is 1. The van der Waals surface area contributed by atoms with Crippen molar-refractivity contribution in [3.05, 3.63) is 58.9 Å². The molecule has 0 bridgehead atoms. The van der Waals surface area contributed by atoms with E-state index >= 15 is 0 Å². The molecule has 2 saturated heterocycles. The minimum atomic E-state index is -3.75. The first-order valence-electron chi connectivity index (χ1n) is 18.0. The first-order chi connectivity index (χ1) is 25.5. The van der Waals surface area contributed by atoms with Gasteiger partial charge in [0.25, 0.3) is 5.89 Å². The van der Waals surface area contributed by atoms with Crippen LogP contribution in [0.25, 0.3) is 11.1 Å². The number of carbonyl (C=O) groups is 3. The predicted molar refractivity (Wildman–Crippen MR) is 203 cm³/mol. The molecule has 3 N–H and O–H groups in total. The van der Waals surface area contributed by atoms with Gasteiger partial charge in [-0.15, -0.1) is 0 Å². The molecule has 15 nitrogen and oxygen atoms in total. The van der Waals surface area contributed by atoms with E-state index in [1.54, 1.807) is 24.0 Å². The van der Waals surface area contributed by atoms with Crippen LogP contribution >= 0.6 is 11.6 Å². The van der Waals surface area contributed by atoms with Gasteiger partial charge in [-0.05, 0) is 80.9 Å². The molecule has 0 spiro atoms. The molecular formula is C36H49ClN6O9S2. The van der Waals surface area contributed by atoms with Gasteiger partial charge in [-0.2, -0.15) is 0 Å². The smallest absolute Gasteiger partial charge is 0.266 e. The summed E-state index contributed by atoms with van der Waals surface area (Å²) in [6.07, 6.45) is 3.54. The van der Waals surface area contributed by atoms with Gasteiger partial charge in [0.15, 0.2) is 5.58 Å². The maximum Gasteiger partial charge on any atom is 0.266 e. The summed E-state index contributed by atoms with van der Waals surface area (Å²) in [5.41, 5.74) is 1.23. The number of fused-ring (bicyclic) bond motifs is 1. The number of nitrogens with one attached hydrogen (secondary N) is 3. The van der Waals surface area contributed by atoms with E-state index in [1.807, 2.05) is 12.1 Å². The number of ketones is 1. The Labute approximate surface area is 321 Å². The van der Waals surface area contributed by atoms with Crippen molar-refractivity contribution in [2.75, 3.05) is 46.5 Å². The van der Waals surface area contributed by atoms with Crippen molar-refractivity contribution in [2.45, 2.75) is 75.1 Å². The average molecular weight is 809 g/mol. The van der Waals surface area contributed by atoms with Gasteiger partial charge in [0.05, 0.1) is 29.9 Å². The number of rotatable bonds is 17. The lowest BCUT2D eigenvalue weighted by Crippen LogP contribution is -2.48. The average Bonchev–Trinajstić information content (AvgIpc) is 3.75. The van der Waals surface area contributed by atoms with Crippen molar-refractivity contribution in [1.29, 1.82) is 0 Å². The Hall–Kier alpha value is -3.45. The lowest BCUT2D eigenvalue weighted by molar-refractivity contribution is -0.133. The number of nitrogens with zero attached hydrogens (tertiary/aromatic N) is 3. The minimum absolute atomic E-state index is 0.0207. The van der Waals surface area contributed by atoms with E-state index in [9.17, 15) is 31.2 Å². The zero-order valence-electron chi connectivity index (χ0n) is 30.9. The van der Waals surface area contributed by atoms with E-state index in [4.69, 9.17) is 20.8 Å². The lowest BCUT2D eigenvalue weighted by atomic mass is 9.91. The van der Waals surface area contributed by atoms with Gasteiger partial charge in [0.2, 0.25) is 37.6 Å². The van der Waals surface area contributed by atoms with Crippen molar-refractivity contribution < 1.29 is 40.4 Å². The Morgan fingerprint density at radius 1 is 1.06 bits per heavy atom. The summed E-state index contributed by atoms with van der Waals surface area (Å²) in [6.45, 7) is 3.96. The Bertz CT molecular complexity index is 2020. The topological polar surface area (TPSA) is 197 Å². The van der Waals surface area contributed by atoms with Crippen LogP contribution in [0.3, 0.4) is 0 Å². The number of aromatic nitrogens is 1. The van der Waals surface area contributed by atoms with Gasteiger partial charge in [-0.3, -0.25) is 14.4 Å². The molecule has 0 saturated carbocycles. The fraction of sp³-hybridized carbons (Fsp3) is 0.556. The van der Waals surface area contributed by atoms with Crippen LogP contribution in [0.2, 0.25) is 5.02 Å². The zero-order valence-corrected chi connectivity index (χ0v) is 33.3. The second-order valence-electron chi connectivity index (χ2n) is 14.2. The number of hydrogen-bond acceptors (Lipinski definition) is 11. The molecule has 4 atom stereocenters. The lowest BCUT2D eigenvalue weighted by Gasteiger charge is -2.27. The highest BCUT2D eigenvalue weighted by Gasteiger charge is 2.40. The molecular weight excluding hydrogens is 760 g/mol. The number of carbonyl (C=O) groups excluding carboxylic acids is 3. The van der Waals surface area contributed by atoms with Crippen LogP contribution in [0.4, 0.5) is 0 Å². The highest BCUT2D eigenvalue weighted by Crippen LogP contribution is 2.28. The Morgan fingerprint density at radius 3 is 2.41 bits per heavy atom. The summed E-state index contributed by atoms with van der Waals surface area (Å²) in [7, 11) is -4.65. The van der Waals surface area contributed by atoms with Crippen molar-refractivity contribution in [2.24, 2.45) is 11.8 Å². The minimum Gasteiger partial charge on any atom is -0.434 e. The van der Waals surface area contributed by atoms with Crippen molar-refractivity contribution in [3.63, 3.8) is 0 Å². The van der Waals surface area contributed by atoms with Crippen LogP contribution in [0.1, 0.15) is 61.7 Å². The summed E-state index contributed by atoms with van der Waals surface area (Å²) in [5.74, 6) is -1.78. The fourth-order valence-corrected chi connectivity index (χ4v) is 8.63. The number of piperidine rings is 1. The molecule has 2 fully saturated rings. The van der Waals surface area contributed by atoms with Crippen LogP contribution in [0, 0.1) is 11.8 Å². The molecule has 2 aliphatic heterocycles. The number of Topliss-reactive ketones (excluding diaryl/α,β-unsaturated/α-hetero) is 1. The fourth-order valence-electron chi connectivity index (χ4n) is 6.85. The number of oxazole rings is 1. The van der Waals surface area contributed by atoms with Crippen molar-refractivity contribution >= 4 is 60.3 Å². The second kappa shape index (κ2) is 18.0. The van der Waals surface area contributed by atoms with Crippen LogP contribution in [-0.4, -0.2) is 113 Å². The highest BCUT2D eigenvalue weighted by atomic mass is 35.5. The molecule has 296 valence electrons. The SMILES string of the molecule is CC[C@H](NC(=O)CC1CN(C(=O)[C@@H](CCC2CCNCC2)NS(C)(=O)=O)C[C@@H]1OCc1ccc(Cl)cc1)C(=O)c1nc2ccc(S(=O)(=O)N(C)C)cc2o1. The van der Waals surface area contributed by atoms with Crippen LogP contribution in [0.5, 0.6) is 0 Å². The van der Waals surface area contributed by atoms with Gasteiger partial charge in [0, 0.05) is 50.6 Å². The van der Waals surface area contributed by atoms with E-state index in [0.29, 0.717) is 23.8 Å². The second-order valence-corrected chi connectivity index (χ2v) is 18.6. The third-order valence-corrected chi connectivity index (χ3v) is 12.7. The van der Waals surface area contributed by atoms with E-state index in [-0.39, 0.29) is 60.3 Å². The number of amides is 2. The van der Waals surface area contributed by atoms with Crippen LogP contribution in [-0.2, 0) is 41.0 Å². The van der Waals surface area contributed by atoms with E-state index in [2.05, 4.69) is 20.3 Å². The summed E-state index contributed by atoms with van der Waals surface area (Å²) in [4.78, 5) is 46.8. The van der Waals surface area contributed by atoms with E-state index < -0.39 is 55.8 Å². The largest absolute Gasteiger partial charge is 0.434 e. The monoisotopic (exact) mass is 808 g/mol. The maximum atomic E-state index is 14.0. The third kappa shape index (κ3) is 10.9. The first kappa shape index (κ1) is 41.7. The Balaban J connectivity index is 1.29. The number of benzene rings is 2. The third-order valence-electron chi connectivity index (χ3n) is 9.90. The number of sulfonamides is 2. The van der Waals surface area contributed by atoms with Gasteiger partial charge in [0.1, 0.15) is 11.6 Å². The number of ether oxygens (including phenoxy) is 1. The maximum absolute atomic E-state index is 14.0. The van der Waals surface area contributed by atoms with Crippen LogP contribution in [0.15, 0.2) is 51.8 Å². The molecule has 1 aromatic heterocycles. The van der Waals surface area contributed by atoms with E-state index in [0.717, 1.165) is 42.1 Å². The van der Waals surface area contributed by atoms with Gasteiger partial charge in [-0.25, -0.2) is 30.8 Å². The molecule has 3 aromatic rings.